The zero-order valence-corrected chi connectivity index (χ0v) is 15.8. The molecule has 0 amide bonds. The molecule has 2 aromatic carbocycles. The van der Waals surface area contributed by atoms with E-state index in [1.807, 2.05) is 0 Å². The minimum Gasteiger partial charge on any atom is -0.493 e. The van der Waals surface area contributed by atoms with E-state index >= 15 is 0 Å². The molecule has 0 bridgehead atoms. The first kappa shape index (κ1) is 18.9. The number of ether oxygens (including phenoxy) is 2. The average molecular weight is 390 g/mol. The lowest BCUT2D eigenvalue weighted by molar-refractivity contribution is 0.0838. The first-order valence-electron chi connectivity index (χ1n) is 8.07. The third-order valence-electron chi connectivity index (χ3n) is 4.30. The lowest BCUT2D eigenvalue weighted by Gasteiger charge is -2.11. The van der Waals surface area contributed by atoms with Crippen LogP contribution in [-0.2, 0) is 16.5 Å². The summed E-state index contributed by atoms with van der Waals surface area (Å²) >= 11 is 0. The van der Waals surface area contributed by atoms with Crippen LogP contribution < -0.4 is 13.7 Å². The van der Waals surface area contributed by atoms with Crippen molar-refractivity contribution in [3.8, 4) is 17.2 Å². The maximum absolute atomic E-state index is 12.8. The number of benzene rings is 2. The van der Waals surface area contributed by atoms with Crippen LogP contribution in [0.4, 0.5) is 0 Å². The van der Waals surface area contributed by atoms with E-state index in [1.54, 1.807) is 18.2 Å². The fraction of sp³-hybridized carbons (Fsp3) is 0.263. The number of Topliss-reactive ketones (excluding diaryl/α,β-unsaturated/α-hetero) is 2. The summed E-state index contributed by atoms with van der Waals surface area (Å²) in [5, 5.41) is 0. The minimum absolute atomic E-state index is 0.0124. The van der Waals surface area contributed by atoms with Gasteiger partial charge in [0.05, 0.1) is 32.0 Å². The number of methoxy groups -OCH3 is 2. The second-order valence-corrected chi connectivity index (χ2v) is 7.72. The number of hydrogen-bond acceptors (Lipinski definition) is 7. The van der Waals surface area contributed by atoms with Gasteiger partial charge >= 0.3 is 10.1 Å². The average Bonchev–Trinajstić information content (AvgIpc) is 2.86. The summed E-state index contributed by atoms with van der Waals surface area (Å²) in [5.41, 5.74) is 0.905. The molecule has 8 heteroatoms. The number of fused-ring (bicyclic) bond motifs is 1. The van der Waals surface area contributed by atoms with E-state index < -0.39 is 21.8 Å². The third kappa shape index (κ3) is 3.66. The molecule has 1 atom stereocenters. The highest BCUT2D eigenvalue weighted by atomic mass is 32.2. The largest absolute Gasteiger partial charge is 0.493 e. The molecular formula is C19H18O7S. The first-order valence-corrected chi connectivity index (χ1v) is 9.88. The van der Waals surface area contributed by atoms with Crippen molar-refractivity contribution >= 4 is 21.7 Å². The summed E-state index contributed by atoms with van der Waals surface area (Å²) in [6, 6.07) is 9.50. The molecule has 0 fully saturated rings. The summed E-state index contributed by atoms with van der Waals surface area (Å²) in [6.07, 6.45) is 1.04. The summed E-state index contributed by atoms with van der Waals surface area (Å²) in [7, 11) is -0.813. The molecule has 0 aliphatic heterocycles. The second kappa shape index (κ2) is 7.03. The van der Waals surface area contributed by atoms with Crippen LogP contribution in [0.5, 0.6) is 17.2 Å². The van der Waals surface area contributed by atoms with Gasteiger partial charge in [-0.15, -0.1) is 0 Å². The van der Waals surface area contributed by atoms with Gasteiger partial charge in [0.25, 0.3) is 0 Å². The van der Waals surface area contributed by atoms with E-state index in [0.29, 0.717) is 11.5 Å². The van der Waals surface area contributed by atoms with Gasteiger partial charge in [-0.05, 0) is 30.2 Å². The van der Waals surface area contributed by atoms with E-state index in [4.69, 9.17) is 13.7 Å². The molecule has 0 radical (unpaired) electrons. The number of carbonyl (C=O) groups excluding carboxylic acids is 2. The molecule has 0 saturated carbocycles. The second-order valence-electron chi connectivity index (χ2n) is 6.14. The molecule has 0 saturated heterocycles. The maximum atomic E-state index is 12.8. The van der Waals surface area contributed by atoms with Gasteiger partial charge in [0.15, 0.2) is 28.8 Å². The van der Waals surface area contributed by atoms with Gasteiger partial charge in [-0.3, -0.25) is 9.59 Å². The van der Waals surface area contributed by atoms with Gasteiger partial charge in [-0.25, -0.2) is 0 Å². The van der Waals surface area contributed by atoms with Crippen LogP contribution in [0.25, 0.3) is 0 Å². The molecule has 0 spiro atoms. The third-order valence-corrected chi connectivity index (χ3v) is 4.78. The van der Waals surface area contributed by atoms with E-state index in [1.165, 1.54) is 32.4 Å². The summed E-state index contributed by atoms with van der Waals surface area (Å²) in [5.74, 6) is -0.845. The van der Waals surface area contributed by atoms with Crippen LogP contribution in [0, 0.1) is 5.92 Å². The summed E-state index contributed by atoms with van der Waals surface area (Å²) in [6.45, 7) is 0. The van der Waals surface area contributed by atoms with E-state index in [2.05, 4.69) is 0 Å². The zero-order valence-electron chi connectivity index (χ0n) is 15.0. The van der Waals surface area contributed by atoms with E-state index in [-0.39, 0.29) is 29.1 Å². The summed E-state index contributed by atoms with van der Waals surface area (Å²) in [4.78, 5) is 25.6. The van der Waals surface area contributed by atoms with Gasteiger partial charge in [0.1, 0.15) is 0 Å². The molecule has 142 valence electrons. The standard InChI is InChI=1S/C19H18O7S/c1-24-14-8-7-11(10-16(14)25-2)9-13-18(20)12-5-4-6-15(17(12)19(13)21)26-27(3,22)23/h4-8,10,13H,9H2,1-3H3. The number of ketones is 2. The predicted octanol–water partition coefficient (Wildman–Crippen LogP) is 2.28. The summed E-state index contributed by atoms with van der Waals surface area (Å²) < 4.78 is 38.2. The lowest BCUT2D eigenvalue weighted by Crippen LogP contribution is -2.18. The molecule has 0 aromatic heterocycles. The highest BCUT2D eigenvalue weighted by molar-refractivity contribution is 7.86. The Labute approximate surface area is 157 Å². The number of rotatable bonds is 6. The Kier molecular flexibility index (Phi) is 4.93. The van der Waals surface area contributed by atoms with Crippen molar-refractivity contribution in [1.82, 2.24) is 0 Å². The Morgan fingerprint density at radius 3 is 2.26 bits per heavy atom. The highest BCUT2D eigenvalue weighted by Crippen LogP contribution is 2.37. The van der Waals surface area contributed by atoms with Crippen LogP contribution in [0.3, 0.4) is 0 Å². The molecule has 1 aliphatic carbocycles. The highest BCUT2D eigenvalue weighted by Gasteiger charge is 2.41. The van der Waals surface area contributed by atoms with Crippen molar-refractivity contribution in [1.29, 1.82) is 0 Å². The maximum Gasteiger partial charge on any atom is 0.306 e. The van der Waals surface area contributed by atoms with Crippen molar-refractivity contribution in [2.45, 2.75) is 6.42 Å². The normalized spacial score (nSPS) is 16.2. The molecule has 1 aliphatic rings. The molecule has 3 rings (SSSR count). The van der Waals surface area contributed by atoms with Gasteiger partial charge in [-0.1, -0.05) is 18.2 Å². The Bertz CT molecular complexity index is 1020. The van der Waals surface area contributed by atoms with Crippen LogP contribution in [0.15, 0.2) is 36.4 Å². The van der Waals surface area contributed by atoms with Gasteiger partial charge < -0.3 is 13.7 Å². The molecule has 1 unspecified atom stereocenters. The minimum atomic E-state index is -3.83. The monoisotopic (exact) mass is 390 g/mol. The Morgan fingerprint density at radius 1 is 0.926 bits per heavy atom. The van der Waals surface area contributed by atoms with Crippen LogP contribution in [-0.4, -0.2) is 40.5 Å². The van der Waals surface area contributed by atoms with Crippen LogP contribution in [0.1, 0.15) is 26.3 Å². The quantitative estimate of drug-likeness (QED) is 0.551. The fourth-order valence-electron chi connectivity index (χ4n) is 3.13. The molecular weight excluding hydrogens is 372 g/mol. The van der Waals surface area contributed by atoms with Crippen LogP contribution in [0.2, 0.25) is 0 Å². The van der Waals surface area contributed by atoms with Gasteiger partial charge in [0.2, 0.25) is 0 Å². The van der Waals surface area contributed by atoms with E-state index in [9.17, 15) is 18.0 Å². The Hall–Kier alpha value is -2.87. The Balaban J connectivity index is 1.94. The molecule has 0 N–H and O–H groups in total. The Morgan fingerprint density at radius 2 is 1.63 bits per heavy atom. The topological polar surface area (TPSA) is 96.0 Å². The molecule has 0 heterocycles. The van der Waals surface area contributed by atoms with Crippen molar-refractivity contribution in [3.05, 3.63) is 53.1 Å². The lowest BCUT2D eigenvalue weighted by atomic mass is 9.94. The molecule has 7 nitrogen and oxygen atoms in total. The zero-order chi connectivity index (χ0) is 19.8. The fourth-order valence-corrected chi connectivity index (χ4v) is 3.60. The van der Waals surface area contributed by atoms with Crippen molar-refractivity contribution in [2.75, 3.05) is 20.5 Å². The van der Waals surface area contributed by atoms with Gasteiger partial charge in [-0.2, -0.15) is 8.42 Å². The number of hydrogen-bond donors (Lipinski definition) is 0. The smallest absolute Gasteiger partial charge is 0.306 e. The van der Waals surface area contributed by atoms with Crippen molar-refractivity contribution in [3.63, 3.8) is 0 Å². The molecule has 27 heavy (non-hydrogen) atoms. The predicted molar refractivity (Wildman–Crippen MR) is 97.3 cm³/mol. The number of carbonyl (C=O) groups is 2. The van der Waals surface area contributed by atoms with Crippen molar-refractivity contribution < 1.29 is 31.7 Å². The van der Waals surface area contributed by atoms with E-state index in [0.717, 1.165) is 11.8 Å². The SMILES string of the molecule is COc1ccc(CC2C(=O)c3cccc(OS(C)(=O)=O)c3C2=O)cc1OC. The van der Waals surface area contributed by atoms with Crippen molar-refractivity contribution in [2.24, 2.45) is 5.92 Å². The first-order chi connectivity index (χ1) is 12.7. The van der Waals surface area contributed by atoms with Gasteiger partial charge in [0, 0.05) is 5.56 Å². The molecule has 2 aromatic rings. The van der Waals surface area contributed by atoms with Crippen LogP contribution >= 0.6 is 0 Å².